The summed E-state index contributed by atoms with van der Waals surface area (Å²) in [7, 11) is 4.07. The van der Waals surface area contributed by atoms with Crippen LogP contribution in [-0.2, 0) is 13.5 Å². The summed E-state index contributed by atoms with van der Waals surface area (Å²) in [5, 5.41) is 4.05. The van der Waals surface area contributed by atoms with Gasteiger partial charge in [0, 0.05) is 37.7 Å². The van der Waals surface area contributed by atoms with Gasteiger partial charge in [-0.3, -0.25) is 0 Å². The van der Waals surface area contributed by atoms with Gasteiger partial charge in [0.15, 0.2) is 0 Å². The average Bonchev–Trinajstić information content (AvgIpc) is 2.58. The van der Waals surface area contributed by atoms with Gasteiger partial charge in [0.2, 0.25) is 0 Å². The summed E-state index contributed by atoms with van der Waals surface area (Å²) in [5.41, 5.74) is 0. The molecule has 1 aromatic rings. The van der Waals surface area contributed by atoms with Crippen LogP contribution in [0.5, 0.6) is 0 Å². The molecule has 0 aliphatic carbocycles. The maximum Gasteiger partial charge on any atom is 0.109 e. The number of hydrogen-bond donors (Lipinski definition) is 1. The normalized spacial score (nSPS) is 13.4. The zero-order chi connectivity index (χ0) is 11.3. The molecule has 1 atom stereocenters. The minimum Gasteiger partial charge on any atom is -0.338 e. The maximum atomic E-state index is 4.34. The van der Waals surface area contributed by atoms with Gasteiger partial charge in [0.25, 0.3) is 0 Å². The molecule has 1 N–H and O–H groups in total. The van der Waals surface area contributed by atoms with Crippen molar-refractivity contribution >= 4 is 11.8 Å². The molecular weight excluding hydrogens is 206 g/mol. The van der Waals surface area contributed by atoms with Crippen LogP contribution in [0.4, 0.5) is 0 Å². The summed E-state index contributed by atoms with van der Waals surface area (Å²) in [5.74, 6) is 2.29. The molecule has 0 aliphatic heterocycles. The lowest BCUT2D eigenvalue weighted by atomic mass is 10.2. The molecule has 0 aromatic carbocycles. The van der Waals surface area contributed by atoms with Crippen LogP contribution < -0.4 is 5.32 Å². The molecule has 1 aromatic heterocycles. The van der Waals surface area contributed by atoms with E-state index in [1.165, 1.54) is 0 Å². The number of aryl methyl sites for hydroxylation is 1. The van der Waals surface area contributed by atoms with Crippen LogP contribution in [0.25, 0.3) is 0 Å². The van der Waals surface area contributed by atoms with E-state index in [1.54, 1.807) is 0 Å². The van der Waals surface area contributed by atoms with E-state index in [0.717, 1.165) is 18.0 Å². The number of aromatic nitrogens is 2. The summed E-state index contributed by atoms with van der Waals surface area (Å²) in [4.78, 5) is 4.34. The zero-order valence-electron chi connectivity index (χ0n) is 10.0. The van der Waals surface area contributed by atoms with Gasteiger partial charge in [-0.25, -0.2) is 4.98 Å². The molecule has 3 nitrogen and oxygen atoms in total. The number of nitrogens with zero attached hydrogens (tertiary/aromatic N) is 2. The van der Waals surface area contributed by atoms with E-state index in [1.807, 2.05) is 38.3 Å². The second-order valence-electron chi connectivity index (χ2n) is 4.03. The Morgan fingerprint density at radius 1 is 1.53 bits per heavy atom. The third kappa shape index (κ3) is 4.26. The van der Waals surface area contributed by atoms with Crippen molar-refractivity contribution in [2.45, 2.75) is 31.6 Å². The van der Waals surface area contributed by atoms with E-state index in [0.29, 0.717) is 11.3 Å². The lowest BCUT2D eigenvalue weighted by Crippen LogP contribution is -2.31. The number of hydrogen-bond acceptors (Lipinski definition) is 3. The summed E-state index contributed by atoms with van der Waals surface area (Å²) < 4.78 is 2.09. The minimum absolute atomic E-state index is 0.513. The Morgan fingerprint density at radius 3 is 2.73 bits per heavy atom. The van der Waals surface area contributed by atoms with Crippen molar-refractivity contribution in [3.63, 3.8) is 0 Å². The van der Waals surface area contributed by atoms with E-state index >= 15 is 0 Å². The maximum absolute atomic E-state index is 4.34. The van der Waals surface area contributed by atoms with Gasteiger partial charge < -0.3 is 9.88 Å². The first-order valence-electron chi connectivity index (χ1n) is 5.38. The Labute approximate surface area is 96.7 Å². The fraction of sp³-hybridized carbons (Fsp3) is 0.727. The lowest BCUT2D eigenvalue weighted by molar-refractivity contribution is 0.585. The highest BCUT2D eigenvalue weighted by atomic mass is 32.2. The fourth-order valence-corrected chi connectivity index (χ4v) is 2.27. The molecule has 0 amide bonds. The minimum atomic E-state index is 0.513. The van der Waals surface area contributed by atoms with Gasteiger partial charge in [-0.2, -0.15) is 11.8 Å². The van der Waals surface area contributed by atoms with Crippen LogP contribution in [0.2, 0.25) is 0 Å². The number of thioether (sulfide) groups is 1. The van der Waals surface area contributed by atoms with Gasteiger partial charge >= 0.3 is 0 Å². The highest BCUT2D eigenvalue weighted by Crippen LogP contribution is 2.12. The molecule has 15 heavy (non-hydrogen) atoms. The molecule has 86 valence electrons. The van der Waals surface area contributed by atoms with Gasteiger partial charge in [0.1, 0.15) is 5.82 Å². The molecule has 0 radical (unpaired) electrons. The van der Waals surface area contributed by atoms with E-state index in [-0.39, 0.29) is 0 Å². The first-order chi connectivity index (χ1) is 7.13. The third-order valence-electron chi connectivity index (χ3n) is 2.39. The molecule has 0 spiro atoms. The van der Waals surface area contributed by atoms with Crippen LogP contribution in [0, 0.1) is 0 Å². The average molecular weight is 227 g/mol. The van der Waals surface area contributed by atoms with Crippen molar-refractivity contribution in [2.75, 3.05) is 12.8 Å². The van der Waals surface area contributed by atoms with E-state index in [4.69, 9.17) is 0 Å². The topological polar surface area (TPSA) is 29.9 Å². The molecule has 0 fully saturated rings. The predicted octanol–water partition coefficient (Wildman–Crippen LogP) is 1.69. The Bertz CT molecular complexity index is 283. The lowest BCUT2D eigenvalue weighted by Gasteiger charge is -2.16. The predicted molar refractivity (Wildman–Crippen MR) is 67.4 cm³/mol. The van der Waals surface area contributed by atoms with Crippen molar-refractivity contribution in [1.29, 1.82) is 0 Å². The van der Waals surface area contributed by atoms with Crippen molar-refractivity contribution < 1.29 is 0 Å². The molecule has 1 heterocycles. The number of nitrogens with one attached hydrogen (secondary N) is 1. The molecular formula is C11H21N3S. The van der Waals surface area contributed by atoms with Crippen molar-refractivity contribution in [3.8, 4) is 0 Å². The van der Waals surface area contributed by atoms with Crippen molar-refractivity contribution in [3.05, 3.63) is 18.2 Å². The Morgan fingerprint density at radius 2 is 2.27 bits per heavy atom. The van der Waals surface area contributed by atoms with Crippen LogP contribution >= 0.6 is 11.8 Å². The van der Waals surface area contributed by atoms with Gasteiger partial charge in [0.05, 0.1) is 0 Å². The van der Waals surface area contributed by atoms with Crippen LogP contribution in [0.3, 0.4) is 0 Å². The number of imidazole rings is 1. The molecule has 0 saturated heterocycles. The monoisotopic (exact) mass is 227 g/mol. The molecule has 0 aliphatic rings. The van der Waals surface area contributed by atoms with E-state index in [9.17, 15) is 0 Å². The van der Waals surface area contributed by atoms with Crippen LogP contribution in [0.15, 0.2) is 12.4 Å². The summed E-state index contributed by atoms with van der Waals surface area (Å²) in [6.45, 7) is 4.47. The van der Waals surface area contributed by atoms with Crippen molar-refractivity contribution in [1.82, 2.24) is 14.9 Å². The molecule has 4 heteroatoms. The standard InChI is InChI=1S/C11H21N3S/c1-9(2)15-8-10(12-3)7-11-13-5-6-14(11)4/h5-6,9-10,12H,7-8H2,1-4H3. The Balaban J connectivity index is 2.43. The fourth-order valence-electron chi connectivity index (χ4n) is 1.37. The highest BCUT2D eigenvalue weighted by Gasteiger charge is 2.11. The Kier molecular flexibility index (Phi) is 5.19. The second-order valence-corrected chi connectivity index (χ2v) is 5.64. The van der Waals surface area contributed by atoms with Crippen LogP contribution in [-0.4, -0.2) is 33.6 Å². The van der Waals surface area contributed by atoms with Gasteiger partial charge in [-0.15, -0.1) is 0 Å². The summed E-state index contributed by atoms with van der Waals surface area (Å²) in [6.07, 6.45) is 4.86. The quantitative estimate of drug-likeness (QED) is 0.802. The largest absolute Gasteiger partial charge is 0.338 e. The highest BCUT2D eigenvalue weighted by molar-refractivity contribution is 7.99. The first kappa shape index (κ1) is 12.6. The zero-order valence-corrected chi connectivity index (χ0v) is 10.8. The third-order valence-corrected chi connectivity index (χ3v) is 3.65. The molecule has 1 unspecified atom stereocenters. The molecule has 0 saturated carbocycles. The van der Waals surface area contributed by atoms with Gasteiger partial charge in [-0.05, 0) is 12.3 Å². The van der Waals surface area contributed by atoms with Crippen molar-refractivity contribution in [2.24, 2.45) is 7.05 Å². The van der Waals surface area contributed by atoms with Gasteiger partial charge in [-0.1, -0.05) is 13.8 Å². The van der Waals surface area contributed by atoms with Crippen LogP contribution in [0.1, 0.15) is 19.7 Å². The first-order valence-corrected chi connectivity index (χ1v) is 6.43. The summed E-state index contributed by atoms with van der Waals surface area (Å²) >= 11 is 1.99. The SMILES string of the molecule is CNC(CSC(C)C)Cc1nccn1C. The molecule has 1 rings (SSSR count). The second kappa shape index (κ2) is 6.18. The van der Waals surface area contributed by atoms with E-state index < -0.39 is 0 Å². The number of likely N-dealkylation sites (N-methyl/N-ethyl adjacent to an activating group) is 1. The summed E-state index contributed by atoms with van der Waals surface area (Å²) in [6, 6.07) is 0.513. The van der Waals surface area contributed by atoms with E-state index in [2.05, 4.69) is 28.7 Å². The smallest absolute Gasteiger partial charge is 0.109 e. The molecule has 0 bridgehead atoms. The Hall–Kier alpha value is -0.480. The number of rotatable bonds is 6.